The molecule has 0 aliphatic heterocycles. The third kappa shape index (κ3) is 2.19. The molecule has 0 aliphatic rings. The number of furan rings is 1. The van der Waals surface area contributed by atoms with E-state index in [2.05, 4.69) is 29.2 Å². The van der Waals surface area contributed by atoms with Gasteiger partial charge in [-0.3, -0.25) is 0 Å². The highest BCUT2D eigenvalue weighted by molar-refractivity contribution is 7.99. The molecule has 2 aromatic heterocycles. The zero-order chi connectivity index (χ0) is 12.4. The molecule has 3 rings (SSSR count). The van der Waals surface area contributed by atoms with Crippen LogP contribution in [-0.2, 0) is 7.05 Å². The molecule has 0 unspecified atom stereocenters. The van der Waals surface area contributed by atoms with Gasteiger partial charge in [-0.2, -0.15) is 0 Å². The average Bonchev–Trinajstić information content (AvgIpc) is 3.03. The summed E-state index contributed by atoms with van der Waals surface area (Å²) >= 11 is 1.65. The minimum absolute atomic E-state index is 0.892. The summed E-state index contributed by atoms with van der Waals surface area (Å²) in [5, 5.41) is 0.987. The Morgan fingerprint density at radius 1 is 1.17 bits per heavy atom. The number of hydrogen-bond donors (Lipinski definition) is 0. The smallest absolute Gasteiger partial charge is 0.172 e. The van der Waals surface area contributed by atoms with Crippen molar-refractivity contribution < 1.29 is 4.42 Å². The number of nitrogens with zero attached hydrogens (tertiary/aromatic N) is 2. The number of benzene rings is 1. The predicted octanol–water partition coefficient (Wildman–Crippen LogP) is 3.83. The Labute approximate surface area is 109 Å². The van der Waals surface area contributed by atoms with Gasteiger partial charge < -0.3 is 8.98 Å². The fourth-order valence-corrected chi connectivity index (χ4v) is 2.49. The molecule has 3 aromatic rings. The van der Waals surface area contributed by atoms with E-state index in [9.17, 15) is 0 Å². The lowest BCUT2D eigenvalue weighted by Crippen LogP contribution is -1.88. The van der Waals surface area contributed by atoms with E-state index < -0.39 is 0 Å². The fraction of sp³-hybridized carbons (Fsp3) is 0.0714. The summed E-state index contributed by atoms with van der Waals surface area (Å²) in [6.07, 6.45) is 5.44. The lowest BCUT2D eigenvalue weighted by Gasteiger charge is -2.02. The van der Waals surface area contributed by atoms with E-state index in [-0.39, 0.29) is 0 Å². The van der Waals surface area contributed by atoms with Crippen molar-refractivity contribution in [3.8, 4) is 11.3 Å². The van der Waals surface area contributed by atoms with Gasteiger partial charge in [0.05, 0.1) is 6.26 Å². The van der Waals surface area contributed by atoms with Crippen molar-refractivity contribution in [1.29, 1.82) is 0 Å². The molecule has 18 heavy (non-hydrogen) atoms. The second-order valence-electron chi connectivity index (χ2n) is 3.92. The van der Waals surface area contributed by atoms with Crippen LogP contribution in [0.1, 0.15) is 0 Å². The van der Waals surface area contributed by atoms with E-state index in [1.807, 2.05) is 29.9 Å². The maximum absolute atomic E-state index is 5.36. The largest absolute Gasteiger partial charge is 0.464 e. The van der Waals surface area contributed by atoms with Gasteiger partial charge in [-0.15, -0.1) is 0 Å². The maximum atomic E-state index is 5.36. The summed E-state index contributed by atoms with van der Waals surface area (Å²) in [4.78, 5) is 5.46. The van der Waals surface area contributed by atoms with Crippen LogP contribution in [-0.4, -0.2) is 9.55 Å². The van der Waals surface area contributed by atoms with Crippen LogP contribution in [0.3, 0.4) is 0 Å². The highest BCUT2D eigenvalue weighted by Gasteiger charge is 2.04. The highest BCUT2D eigenvalue weighted by Crippen LogP contribution is 2.28. The summed E-state index contributed by atoms with van der Waals surface area (Å²) in [5.74, 6) is 0.892. The second-order valence-corrected chi connectivity index (χ2v) is 4.97. The molecule has 0 amide bonds. The van der Waals surface area contributed by atoms with Gasteiger partial charge in [0.1, 0.15) is 5.76 Å². The third-order valence-corrected chi connectivity index (χ3v) is 3.73. The van der Waals surface area contributed by atoms with Crippen molar-refractivity contribution in [2.45, 2.75) is 10.1 Å². The van der Waals surface area contributed by atoms with Crippen LogP contribution < -0.4 is 0 Å². The van der Waals surface area contributed by atoms with Crippen molar-refractivity contribution in [3.63, 3.8) is 0 Å². The Morgan fingerprint density at radius 2 is 2.00 bits per heavy atom. The molecule has 0 N–H and O–H groups in total. The lowest BCUT2D eigenvalue weighted by atomic mass is 10.2. The van der Waals surface area contributed by atoms with Crippen molar-refractivity contribution >= 4 is 11.8 Å². The minimum atomic E-state index is 0.892. The average molecular weight is 256 g/mol. The summed E-state index contributed by atoms with van der Waals surface area (Å²) in [6.45, 7) is 0. The van der Waals surface area contributed by atoms with Crippen molar-refractivity contribution in [2.24, 2.45) is 7.05 Å². The second kappa shape index (κ2) is 4.74. The van der Waals surface area contributed by atoms with Gasteiger partial charge in [0.25, 0.3) is 0 Å². The van der Waals surface area contributed by atoms with Crippen LogP contribution >= 0.6 is 11.8 Å². The Morgan fingerprint density at radius 3 is 2.61 bits per heavy atom. The predicted molar refractivity (Wildman–Crippen MR) is 71.5 cm³/mol. The fourth-order valence-electron chi connectivity index (χ4n) is 1.69. The van der Waals surface area contributed by atoms with Crippen molar-refractivity contribution in [3.05, 3.63) is 55.1 Å². The van der Waals surface area contributed by atoms with Gasteiger partial charge in [-0.1, -0.05) is 23.9 Å². The van der Waals surface area contributed by atoms with Gasteiger partial charge in [-0.25, -0.2) is 4.98 Å². The number of aryl methyl sites for hydroxylation is 1. The Hall–Kier alpha value is -1.94. The van der Waals surface area contributed by atoms with Gasteiger partial charge in [-0.05, 0) is 24.3 Å². The number of rotatable bonds is 3. The monoisotopic (exact) mass is 256 g/mol. The Bertz CT molecular complexity index is 626. The van der Waals surface area contributed by atoms with E-state index in [0.29, 0.717) is 0 Å². The third-order valence-electron chi connectivity index (χ3n) is 2.65. The zero-order valence-electron chi connectivity index (χ0n) is 9.91. The van der Waals surface area contributed by atoms with Crippen molar-refractivity contribution in [1.82, 2.24) is 9.55 Å². The van der Waals surface area contributed by atoms with E-state index >= 15 is 0 Å². The summed E-state index contributed by atoms with van der Waals surface area (Å²) in [5.41, 5.74) is 1.09. The highest BCUT2D eigenvalue weighted by atomic mass is 32.2. The molecule has 0 saturated carbocycles. The molecule has 2 heterocycles. The SMILES string of the molecule is Cn1ccnc1Sc1ccc(-c2ccco2)cc1. The first-order valence-electron chi connectivity index (χ1n) is 5.62. The quantitative estimate of drug-likeness (QED) is 0.713. The van der Waals surface area contributed by atoms with Crippen LogP contribution in [0.5, 0.6) is 0 Å². The number of hydrogen-bond acceptors (Lipinski definition) is 3. The molecule has 0 saturated heterocycles. The van der Waals surface area contributed by atoms with Crippen LogP contribution in [0.2, 0.25) is 0 Å². The van der Waals surface area contributed by atoms with Crippen LogP contribution in [0.4, 0.5) is 0 Å². The molecule has 90 valence electrons. The van der Waals surface area contributed by atoms with E-state index in [0.717, 1.165) is 16.5 Å². The van der Waals surface area contributed by atoms with Gasteiger partial charge in [0, 0.05) is 29.9 Å². The van der Waals surface area contributed by atoms with E-state index in [4.69, 9.17) is 4.42 Å². The van der Waals surface area contributed by atoms with E-state index in [1.165, 1.54) is 4.90 Å². The Kier molecular flexibility index (Phi) is 2.94. The molecule has 0 bridgehead atoms. The molecular weight excluding hydrogens is 244 g/mol. The topological polar surface area (TPSA) is 31.0 Å². The number of imidazole rings is 1. The normalized spacial score (nSPS) is 10.7. The molecule has 0 fully saturated rings. The molecule has 4 heteroatoms. The molecule has 0 atom stereocenters. The molecule has 3 nitrogen and oxygen atoms in total. The first kappa shape index (κ1) is 11.2. The molecule has 0 aliphatic carbocycles. The van der Waals surface area contributed by atoms with Crippen LogP contribution in [0, 0.1) is 0 Å². The van der Waals surface area contributed by atoms with Crippen LogP contribution in [0.15, 0.2) is 69.5 Å². The molecular formula is C14H12N2OS. The Balaban J connectivity index is 1.81. The summed E-state index contributed by atoms with van der Waals surface area (Å²) in [7, 11) is 1.99. The standard InChI is InChI=1S/C14H12N2OS/c1-16-9-8-15-14(16)18-12-6-4-11(5-7-12)13-3-2-10-17-13/h2-10H,1H3. The molecule has 1 aromatic carbocycles. The zero-order valence-corrected chi connectivity index (χ0v) is 10.7. The first-order chi connectivity index (χ1) is 8.83. The molecule has 0 radical (unpaired) electrons. The summed E-state index contributed by atoms with van der Waals surface area (Å²) in [6, 6.07) is 12.1. The minimum Gasteiger partial charge on any atom is -0.464 e. The van der Waals surface area contributed by atoms with Gasteiger partial charge in [0.2, 0.25) is 0 Å². The maximum Gasteiger partial charge on any atom is 0.172 e. The van der Waals surface area contributed by atoms with Gasteiger partial charge >= 0.3 is 0 Å². The van der Waals surface area contributed by atoms with Crippen LogP contribution in [0.25, 0.3) is 11.3 Å². The van der Waals surface area contributed by atoms with Crippen molar-refractivity contribution in [2.75, 3.05) is 0 Å². The lowest BCUT2D eigenvalue weighted by molar-refractivity contribution is 0.582. The van der Waals surface area contributed by atoms with Gasteiger partial charge in [0.15, 0.2) is 5.16 Å². The molecule has 0 spiro atoms. The number of aromatic nitrogens is 2. The summed E-state index contributed by atoms with van der Waals surface area (Å²) < 4.78 is 7.37. The first-order valence-corrected chi connectivity index (χ1v) is 6.44. The van der Waals surface area contributed by atoms with E-state index in [1.54, 1.807) is 24.2 Å².